The van der Waals surface area contributed by atoms with Gasteiger partial charge in [0.1, 0.15) is 0 Å². The zero-order valence-electron chi connectivity index (χ0n) is 8.89. The van der Waals surface area contributed by atoms with Gasteiger partial charge in [-0.3, -0.25) is 11.7 Å². The van der Waals surface area contributed by atoms with E-state index in [4.69, 9.17) is 0 Å². The van der Waals surface area contributed by atoms with Crippen LogP contribution in [-0.4, -0.2) is 26.7 Å². The van der Waals surface area contributed by atoms with Gasteiger partial charge >= 0.3 is 5.97 Å². The van der Waals surface area contributed by atoms with E-state index in [1.807, 2.05) is 14.1 Å². The maximum absolute atomic E-state index is 10.4. The van der Waals surface area contributed by atoms with Gasteiger partial charge in [-0.2, -0.15) is 0 Å². The van der Waals surface area contributed by atoms with Crippen LogP contribution in [0.3, 0.4) is 0 Å². The number of ether oxygens (including phenoxy) is 1. The summed E-state index contributed by atoms with van der Waals surface area (Å²) in [5.41, 5.74) is 0.451. The zero-order valence-corrected chi connectivity index (χ0v) is 8.89. The summed E-state index contributed by atoms with van der Waals surface area (Å²) in [5, 5.41) is 2.75. The van der Waals surface area contributed by atoms with Gasteiger partial charge in [0.05, 0.1) is 6.61 Å². The van der Waals surface area contributed by atoms with Crippen molar-refractivity contribution >= 4 is 5.97 Å². The quantitative estimate of drug-likeness (QED) is 0.243. The maximum Gasteiger partial charge on any atom is 0.333 e. The molecule has 0 heterocycles. The van der Waals surface area contributed by atoms with E-state index in [2.05, 4.69) is 28.3 Å². The molecule has 5 heteroatoms. The Morgan fingerprint density at radius 3 is 1.85 bits per heavy atom. The van der Waals surface area contributed by atoms with Crippen molar-refractivity contribution in [3.8, 4) is 0 Å². The van der Waals surface area contributed by atoms with E-state index in [1.165, 1.54) is 0 Å². The largest absolute Gasteiger partial charge is 0.463 e. The Kier molecular flexibility index (Phi) is 23.9. The zero-order chi connectivity index (χ0) is 11.3. The second kappa shape index (κ2) is 17.3. The highest BCUT2D eigenvalue weighted by molar-refractivity contribution is 5.86. The summed E-state index contributed by atoms with van der Waals surface area (Å²) in [6.07, 6.45) is 0. The van der Waals surface area contributed by atoms with E-state index in [9.17, 15) is 4.79 Å². The van der Waals surface area contributed by atoms with Gasteiger partial charge in [0.15, 0.2) is 0 Å². The summed E-state index contributed by atoms with van der Waals surface area (Å²) in [7, 11) is 3.75. The highest BCUT2D eigenvalue weighted by Gasteiger charge is 1.98. The summed E-state index contributed by atoms with van der Waals surface area (Å²) in [4.78, 5) is 10.4. The van der Waals surface area contributed by atoms with Crippen LogP contribution in [0.15, 0.2) is 12.2 Å². The van der Waals surface area contributed by atoms with Crippen molar-refractivity contribution < 1.29 is 9.53 Å². The lowest BCUT2D eigenvalue weighted by Gasteiger charge is -1.96. The summed E-state index contributed by atoms with van der Waals surface area (Å²) in [6, 6.07) is 0. The topological polar surface area (TPSA) is 90.4 Å². The molecule has 5 N–H and O–H groups in total. The standard InChI is InChI=1S/C6H10O2.C2H7N.H4N2/c1-4-8-6(7)5(2)3;1-3-2;1-2/h2,4H2,1,3H3;3H,1-2H3;1-2H2. The third kappa shape index (κ3) is 24.7. The van der Waals surface area contributed by atoms with Crippen molar-refractivity contribution in [2.45, 2.75) is 13.8 Å². The van der Waals surface area contributed by atoms with Crippen LogP contribution < -0.4 is 17.0 Å². The summed E-state index contributed by atoms with van der Waals surface area (Å²) < 4.78 is 4.56. The minimum Gasteiger partial charge on any atom is -0.463 e. The Morgan fingerprint density at radius 2 is 1.77 bits per heavy atom. The summed E-state index contributed by atoms with van der Waals surface area (Å²) in [6.45, 7) is 7.21. The SMILES string of the molecule is C=C(C)C(=O)OCC.CNC.NN. The van der Waals surface area contributed by atoms with Crippen LogP contribution in [0.4, 0.5) is 0 Å². The predicted molar refractivity (Wildman–Crippen MR) is 54.8 cm³/mol. The van der Waals surface area contributed by atoms with Crippen LogP contribution in [-0.2, 0) is 9.53 Å². The highest BCUT2D eigenvalue weighted by atomic mass is 16.5. The lowest BCUT2D eigenvalue weighted by molar-refractivity contribution is -0.138. The van der Waals surface area contributed by atoms with Crippen LogP contribution >= 0.6 is 0 Å². The molecule has 0 spiro atoms. The van der Waals surface area contributed by atoms with Crippen molar-refractivity contribution in [2.75, 3.05) is 20.7 Å². The van der Waals surface area contributed by atoms with Gasteiger partial charge in [-0.15, -0.1) is 0 Å². The molecule has 0 atom stereocenters. The van der Waals surface area contributed by atoms with Gasteiger partial charge in [-0.1, -0.05) is 6.58 Å². The van der Waals surface area contributed by atoms with Crippen LogP contribution in [0.1, 0.15) is 13.8 Å². The number of hydrazine groups is 1. The lowest BCUT2D eigenvalue weighted by atomic mass is 10.4. The molecule has 0 rings (SSSR count). The first-order valence-corrected chi connectivity index (χ1v) is 3.84. The number of nitrogens with one attached hydrogen (secondary N) is 1. The van der Waals surface area contributed by atoms with Gasteiger partial charge in [0, 0.05) is 5.57 Å². The molecule has 80 valence electrons. The smallest absolute Gasteiger partial charge is 0.333 e. The Morgan fingerprint density at radius 1 is 1.46 bits per heavy atom. The fourth-order valence-corrected chi connectivity index (χ4v) is 0.254. The first kappa shape index (κ1) is 18.0. The Hall–Kier alpha value is -0.910. The average Bonchev–Trinajstić information content (AvgIpc) is 2.10. The predicted octanol–water partition coefficient (Wildman–Crippen LogP) is -0.220. The fraction of sp³-hybridized carbons (Fsp3) is 0.625. The van der Waals surface area contributed by atoms with E-state index in [0.29, 0.717) is 12.2 Å². The number of carbonyl (C=O) groups is 1. The van der Waals surface area contributed by atoms with Gasteiger partial charge in [0.25, 0.3) is 0 Å². The van der Waals surface area contributed by atoms with Gasteiger partial charge in [0.2, 0.25) is 0 Å². The van der Waals surface area contributed by atoms with Gasteiger partial charge < -0.3 is 10.1 Å². The van der Waals surface area contributed by atoms with Gasteiger partial charge in [-0.05, 0) is 27.9 Å². The van der Waals surface area contributed by atoms with Crippen LogP contribution in [0.2, 0.25) is 0 Å². The molecule has 0 saturated carbocycles. The van der Waals surface area contributed by atoms with Crippen LogP contribution in [0.25, 0.3) is 0 Å². The van der Waals surface area contributed by atoms with Crippen molar-refractivity contribution in [2.24, 2.45) is 11.7 Å². The molecule has 0 bridgehead atoms. The number of carbonyl (C=O) groups excluding carboxylic acids is 1. The molecule has 0 aliphatic rings. The lowest BCUT2D eigenvalue weighted by Crippen LogP contribution is -2.03. The molecule has 0 aliphatic heterocycles. The van der Waals surface area contributed by atoms with Crippen molar-refractivity contribution in [3.05, 3.63) is 12.2 Å². The van der Waals surface area contributed by atoms with Gasteiger partial charge in [-0.25, -0.2) is 4.79 Å². The van der Waals surface area contributed by atoms with Crippen molar-refractivity contribution in [1.82, 2.24) is 5.32 Å². The number of hydrogen-bond donors (Lipinski definition) is 3. The number of esters is 1. The molecule has 0 aromatic carbocycles. The molecule has 5 nitrogen and oxygen atoms in total. The number of rotatable bonds is 2. The second-order valence-corrected chi connectivity index (χ2v) is 2.00. The molecular formula is C8H21N3O2. The molecule has 0 unspecified atom stereocenters. The van der Waals surface area contributed by atoms with Crippen LogP contribution in [0, 0.1) is 0 Å². The normalized spacial score (nSPS) is 6.92. The Labute approximate surface area is 80.1 Å². The first-order valence-electron chi connectivity index (χ1n) is 3.84. The van der Waals surface area contributed by atoms with Crippen LogP contribution in [0.5, 0.6) is 0 Å². The minimum absolute atomic E-state index is 0.312. The van der Waals surface area contributed by atoms with E-state index in [0.717, 1.165) is 0 Å². The van der Waals surface area contributed by atoms with Crippen molar-refractivity contribution in [3.63, 3.8) is 0 Å². The minimum atomic E-state index is -0.312. The highest BCUT2D eigenvalue weighted by Crippen LogP contribution is 1.89. The summed E-state index contributed by atoms with van der Waals surface area (Å²) in [5.74, 6) is 7.69. The molecule has 0 aromatic rings. The molecule has 0 aromatic heterocycles. The molecule has 13 heavy (non-hydrogen) atoms. The van der Waals surface area contributed by atoms with E-state index >= 15 is 0 Å². The monoisotopic (exact) mass is 191 g/mol. The maximum atomic E-state index is 10.4. The molecule has 0 amide bonds. The third-order valence-electron chi connectivity index (χ3n) is 0.624. The Balaban J connectivity index is -0.000000169. The molecule has 0 radical (unpaired) electrons. The number of hydrogen-bond acceptors (Lipinski definition) is 5. The second-order valence-electron chi connectivity index (χ2n) is 2.00. The summed E-state index contributed by atoms with van der Waals surface area (Å²) >= 11 is 0. The van der Waals surface area contributed by atoms with E-state index in [1.54, 1.807) is 13.8 Å². The molecule has 0 fully saturated rings. The third-order valence-corrected chi connectivity index (χ3v) is 0.624. The average molecular weight is 191 g/mol. The molecule has 0 aliphatic carbocycles. The van der Waals surface area contributed by atoms with Crippen molar-refractivity contribution in [1.29, 1.82) is 0 Å². The van der Waals surface area contributed by atoms with E-state index < -0.39 is 0 Å². The van der Waals surface area contributed by atoms with E-state index in [-0.39, 0.29) is 5.97 Å². The fourth-order valence-electron chi connectivity index (χ4n) is 0.254. The first-order chi connectivity index (χ1) is 6.09. The number of nitrogens with two attached hydrogens (primary N) is 2. The Bertz CT molecular complexity index is 127. The molecular weight excluding hydrogens is 170 g/mol. The molecule has 0 saturated heterocycles.